The van der Waals surface area contributed by atoms with Crippen LogP contribution in [0.4, 0.5) is 19.0 Å². The van der Waals surface area contributed by atoms with Crippen LogP contribution in [-0.2, 0) is 14.0 Å². The Morgan fingerprint density at radius 3 is 2.45 bits per heavy atom. The molecule has 5 aliphatic rings. The lowest BCUT2D eigenvalue weighted by Gasteiger charge is -2.48. The monoisotopic (exact) mass is 818 g/mol. The number of anilines is 1. The van der Waals surface area contributed by atoms with E-state index in [0.717, 1.165) is 51.3 Å². The number of fused-ring (bicyclic) bond motifs is 5. The number of benzene rings is 2. The largest absolute Gasteiger partial charge is 0.606 e. The Bertz CT molecular complexity index is 2150. The Kier molecular flexibility index (Phi) is 11.0. The first-order chi connectivity index (χ1) is 26.8. The topological polar surface area (TPSA) is 143 Å². The van der Waals surface area contributed by atoms with Gasteiger partial charge in [-0.1, -0.05) is 17.7 Å². The third-order valence-corrected chi connectivity index (χ3v) is 12.7. The fourth-order valence-electron chi connectivity index (χ4n) is 8.59. The average molecular weight is 819 g/mol. The number of methoxy groups -OCH3 is 1. The van der Waals surface area contributed by atoms with E-state index in [1.807, 2.05) is 4.90 Å². The molecule has 4 aromatic rings. The molecule has 9 rings (SSSR count). The van der Waals surface area contributed by atoms with Crippen molar-refractivity contribution in [2.45, 2.75) is 94.9 Å². The third-order valence-electron chi connectivity index (χ3n) is 11.3. The molecule has 18 heteroatoms. The second-order valence-electron chi connectivity index (χ2n) is 15.5. The van der Waals surface area contributed by atoms with E-state index in [1.54, 1.807) is 20.8 Å². The van der Waals surface area contributed by atoms with Gasteiger partial charge in [0.1, 0.15) is 28.8 Å². The van der Waals surface area contributed by atoms with Crippen LogP contribution >= 0.6 is 19.6 Å². The van der Waals surface area contributed by atoms with Gasteiger partial charge in [-0.15, -0.1) is 0 Å². The molecule has 6 atom stereocenters. The Hall–Kier alpha value is -3.47. The van der Waals surface area contributed by atoms with Crippen LogP contribution in [0, 0.1) is 17.5 Å². The van der Waals surface area contributed by atoms with E-state index < -0.39 is 49.5 Å². The van der Waals surface area contributed by atoms with Crippen molar-refractivity contribution in [1.29, 1.82) is 0 Å². The van der Waals surface area contributed by atoms with Gasteiger partial charge in [0, 0.05) is 43.2 Å². The molecule has 7 heterocycles. The summed E-state index contributed by atoms with van der Waals surface area (Å²) in [5, 5.41) is 16.6. The molecule has 5 unspecified atom stereocenters. The fraction of sp³-hybridized carbons (Fsp3) is 0.553. The van der Waals surface area contributed by atoms with E-state index in [1.165, 1.54) is 25.3 Å². The summed E-state index contributed by atoms with van der Waals surface area (Å²) in [6.45, 7) is 8.66. The lowest BCUT2D eigenvalue weighted by molar-refractivity contribution is -0.144. The van der Waals surface area contributed by atoms with Gasteiger partial charge in [-0.05, 0) is 94.1 Å². The van der Waals surface area contributed by atoms with Crippen molar-refractivity contribution in [1.82, 2.24) is 30.5 Å². The zero-order valence-corrected chi connectivity index (χ0v) is 33.2. The van der Waals surface area contributed by atoms with E-state index in [-0.39, 0.29) is 67.9 Å². The first kappa shape index (κ1) is 39.4. The van der Waals surface area contributed by atoms with Crippen molar-refractivity contribution in [3.8, 4) is 23.0 Å². The number of aliphatic hydroxyl groups is 1. The van der Waals surface area contributed by atoms with Crippen LogP contribution in [0.5, 0.6) is 11.8 Å². The van der Waals surface area contributed by atoms with Crippen molar-refractivity contribution in [3.05, 3.63) is 46.9 Å². The molecule has 13 nitrogen and oxygen atoms in total. The molecule has 5 saturated heterocycles. The van der Waals surface area contributed by atoms with E-state index in [9.17, 15) is 14.1 Å². The number of hydrogen-bond donors (Lipinski definition) is 3. The summed E-state index contributed by atoms with van der Waals surface area (Å²) in [7, 11) is -1.43. The van der Waals surface area contributed by atoms with E-state index in [2.05, 4.69) is 25.5 Å². The van der Waals surface area contributed by atoms with Crippen LogP contribution in [0.3, 0.4) is 0 Å². The number of halogens is 4. The Labute approximate surface area is 328 Å². The maximum Gasteiger partial charge on any atom is 0.606 e. The number of ether oxygens (including phenoxy) is 3. The lowest BCUT2D eigenvalue weighted by Crippen LogP contribution is -2.67. The van der Waals surface area contributed by atoms with Gasteiger partial charge in [-0.25, -0.2) is 23.5 Å². The molecule has 300 valence electrons. The van der Waals surface area contributed by atoms with Gasteiger partial charge >= 0.3 is 20.0 Å². The zero-order chi connectivity index (χ0) is 39.5. The van der Waals surface area contributed by atoms with Crippen LogP contribution in [-0.4, -0.2) is 107 Å². The summed E-state index contributed by atoms with van der Waals surface area (Å²) < 4.78 is 84.3. The molecule has 2 bridgehead atoms. The quantitative estimate of drug-likeness (QED) is 0.0751. The van der Waals surface area contributed by atoms with Crippen LogP contribution in [0.2, 0.25) is 5.15 Å². The highest BCUT2D eigenvalue weighted by molar-refractivity contribution is 7.40. The van der Waals surface area contributed by atoms with E-state index >= 15 is 8.78 Å². The van der Waals surface area contributed by atoms with Gasteiger partial charge < -0.3 is 29.5 Å². The molecule has 5 fully saturated rings. The van der Waals surface area contributed by atoms with Crippen molar-refractivity contribution in [2.24, 2.45) is 0 Å². The first-order valence-electron chi connectivity index (χ1n) is 19.0. The number of rotatable bonds is 14. The van der Waals surface area contributed by atoms with Gasteiger partial charge in [0.05, 0.1) is 23.1 Å². The van der Waals surface area contributed by atoms with Gasteiger partial charge in [-0.2, -0.15) is 9.97 Å². The zero-order valence-electron chi connectivity index (χ0n) is 31.5. The van der Waals surface area contributed by atoms with E-state index in [0.29, 0.717) is 25.5 Å². The molecule has 2 aromatic carbocycles. The highest BCUT2D eigenvalue weighted by atomic mass is 35.5. The van der Waals surface area contributed by atoms with Gasteiger partial charge in [0.15, 0.2) is 29.5 Å². The Balaban J connectivity index is 1.20. The predicted molar refractivity (Wildman–Crippen MR) is 205 cm³/mol. The Morgan fingerprint density at radius 2 is 1.77 bits per heavy atom. The number of aliphatic hydroxyl groups excluding tert-OH is 1. The van der Waals surface area contributed by atoms with Crippen molar-refractivity contribution in [2.75, 3.05) is 44.8 Å². The summed E-state index contributed by atoms with van der Waals surface area (Å²) in [5.74, 6) is -4.32. The SMILES string of the molecule is COC(N[C@@H](C)C(O)OC(C)C)[P+](=O)Oc1cc(-c2nc(Cl)c3c(N4CC5CC(C4)N5)nc(OCC45CCCN4CCC5)nc3c2F)c2c(F)c(F)ccc2c1. The maximum atomic E-state index is 17.3. The van der Waals surface area contributed by atoms with Crippen molar-refractivity contribution >= 4 is 47.1 Å². The molecule has 3 N–H and O–H groups in total. The van der Waals surface area contributed by atoms with Crippen molar-refractivity contribution < 1.29 is 41.6 Å². The minimum atomic E-state index is -2.73. The minimum absolute atomic E-state index is 0.0210. The molecular formula is C38H45ClF3N7O6P+. The summed E-state index contributed by atoms with van der Waals surface area (Å²) in [4.78, 5) is 18.3. The number of aromatic nitrogens is 3. The highest BCUT2D eigenvalue weighted by Crippen LogP contribution is 2.44. The summed E-state index contributed by atoms with van der Waals surface area (Å²) in [6, 6.07) is 4.50. The smallest absolute Gasteiger partial charge is 0.461 e. The normalized spacial score (nSPS) is 22.3. The molecule has 0 saturated carbocycles. The lowest BCUT2D eigenvalue weighted by atomic mass is 9.91. The number of pyridine rings is 1. The van der Waals surface area contributed by atoms with Gasteiger partial charge in [0.2, 0.25) is 0 Å². The second kappa shape index (κ2) is 15.7. The van der Waals surface area contributed by atoms with E-state index in [4.69, 9.17) is 35.3 Å². The Morgan fingerprint density at radius 1 is 1.05 bits per heavy atom. The molecule has 56 heavy (non-hydrogen) atoms. The highest BCUT2D eigenvalue weighted by Gasteiger charge is 2.45. The predicted octanol–water partition coefficient (Wildman–Crippen LogP) is 6.25. The van der Waals surface area contributed by atoms with Crippen molar-refractivity contribution in [3.63, 3.8) is 0 Å². The summed E-state index contributed by atoms with van der Waals surface area (Å²) in [5.41, 5.74) is -0.973. The minimum Gasteiger partial charge on any atom is -0.461 e. The number of nitrogens with one attached hydrogen (secondary N) is 2. The summed E-state index contributed by atoms with van der Waals surface area (Å²) >= 11 is 6.92. The van der Waals surface area contributed by atoms with Gasteiger partial charge in [0.25, 0.3) is 0 Å². The van der Waals surface area contributed by atoms with Crippen LogP contribution < -0.4 is 24.8 Å². The maximum absolute atomic E-state index is 17.3. The summed E-state index contributed by atoms with van der Waals surface area (Å²) in [6.07, 6.45) is 3.58. The molecular weight excluding hydrogens is 774 g/mol. The number of nitrogens with zero attached hydrogens (tertiary/aromatic N) is 5. The first-order valence-corrected chi connectivity index (χ1v) is 20.6. The molecule has 0 spiro atoms. The molecule has 2 aromatic heterocycles. The number of piperazine rings is 1. The molecule has 5 aliphatic heterocycles. The van der Waals surface area contributed by atoms with Crippen LogP contribution in [0.15, 0.2) is 24.3 Å². The number of hydrogen-bond acceptors (Lipinski definition) is 13. The second-order valence-corrected chi connectivity index (χ2v) is 17.0. The van der Waals surface area contributed by atoms with Crippen LogP contribution in [0.1, 0.15) is 52.9 Å². The fourth-order valence-corrected chi connectivity index (χ4v) is 9.79. The number of piperidine rings is 1. The molecule has 0 amide bonds. The van der Waals surface area contributed by atoms with Crippen LogP contribution in [0.25, 0.3) is 32.9 Å². The molecule has 0 radical (unpaired) electrons. The van der Waals surface area contributed by atoms with Gasteiger partial charge in [-0.3, -0.25) is 9.42 Å². The molecule has 0 aliphatic carbocycles. The standard InChI is InChI=1S/C38H45ClF3N7O6P/c1-19(2)54-35(50)20(3)43-37(52-4)56(51)55-24-13-21-7-8-26(40)29(41)27(21)25(15-24)31-30(42)32-28(33(39)45-31)34(48-16-22-14-23(17-48)44-22)47-36(46-32)53-18-38-9-5-11-49(38)12-6-10-38/h7-8,13,15,19-20,22-23,35,37,43-44,50H,5-6,9-12,14,16-18H2,1-4H3/q+1/t20-,22?,23?,35?,37?/m0/s1. The average Bonchev–Trinajstić information content (AvgIpc) is 3.75. The third kappa shape index (κ3) is 7.39.